The largest absolute Gasteiger partial charge is 0.378 e. The van der Waals surface area contributed by atoms with Crippen molar-refractivity contribution in [2.24, 2.45) is 0 Å². The van der Waals surface area contributed by atoms with E-state index < -0.39 is 0 Å². The van der Waals surface area contributed by atoms with E-state index in [4.69, 9.17) is 4.98 Å². The topological polar surface area (TPSA) is 24.3 Å². The lowest BCUT2D eigenvalue weighted by Crippen LogP contribution is -2.16. The Kier molecular flexibility index (Phi) is 15.1. The van der Waals surface area contributed by atoms with Crippen molar-refractivity contribution in [1.29, 1.82) is 0 Å². The minimum atomic E-state index is 1.06. The van der Waals surface area contributed by atoms with E-state index in [1.54, 1.807) is 0 Å². The third-order valence-corrected chi connectivity index (χ3v) is 7.32. The third-order valence-electron chi connectivity index (χ3n) is 7.32. The monoisotopic (exact) mass is 484 g/mol. The standard InChI is InChI=1S/C31H56N4/c1-6-7-8-9-10-11-12-13-14-15-16-17-18-19-20-22-31-32-29-27-28(34(4)5)23-24-30(29)35(31)26-21-25-33(2)3/h23-24,27H,6-22,25-26H2,1-5H3. The maximum Gasteiger partial charge on any atom is 0.109 e. The van der Waals surface area contributed by atoms with Crippen LogP contribution in [0, 0.1) is 0 Å². The molecular weight excluding hydrogens is 428 g/mol. The number of unbranched alkanes of at least 4 members (excludes halogenated alkanes) is 14. The fraction of sp³-hybridized carbons (Fsp3) is 0.774. The molecule has 0 unspecified atom stereocenters. The highest BCUT2D eigenvalue weighted by molar-refractivity contribution is 5.80. The molecule has 0 bridgehead atoms. The van der Waals surface area contributed by atoms with Crippen LogP contribution >= 0.6 is 0 Å². The first-order chi connectivity index (χ1) is 17.0. The number of aromatic nitrogens is 2. The van der Waals surface area contributed by atoms with E-state index in [9.17, 15) is 0 Å². The Morgan fingerprint density at radius 1 is 0.686 bits per heavy atom. The maximum atomic E-state index is 5.08. The fourth-order valence-corrected chi connectivity index (χ4v) is 5.09. The zero-order chi connectivity index (χ0) is 25.3. The number of aryl methyl sites for hydroxylation is 2. The predicted octanol–water partition coefficient (Wildman–Crippen LogP) is 8.47. The second-order valence-electron chi connectivity index (χ2n) is 11.1. The normalized spacial score (nSPS) is 11.7. The van der Waals surface area contributed by atoms with Gasteiger partial charge in [-0.1, -0.05) is 96.8 Å². The Bertz CT molecular complexity index is 793. The highest BCUT2D eigenvalue weighted by Gasteiger charge is 2.12. The summed E-state index contributed by atoms with van der Waals surface area (Å²) in [5.41, 5.74) is 3.68. The molecule has 2 rings (SSSR count). The van der Waals surface area contributed by atoms with Gasteiger partial charge in [-0.2, -0.15) is 0 Å². The molecule has 1 aromatic carbocycles. The molecule has 1 heterocycles. The van der Waals surface area contributed by atoms with Crippen LogP contribution in [-0.4, -0.2) is 49.2 Å². The van der Waals surface area contributed by atoms with Gasteiger partial charge in [-0.15, -0.1) is 0 Å². The number of fused-ring (bicyclic) bond motifs is 1. The van der Waals surface area contributed by atoms with Crippen LogP contribution in [0.15, 0.2) is 18.2 Å². The molecule has 1 aromatic heterocycles. The van der Waals surface area contributed by atoms with Gasteiger partial charge in [0, 0.05) is 32.7 Å². The van der Waals surface area contributed by atoms with Gasteiger partial charge in [0.1, 0.15) is 5.82 Å². The van der Waals surface area contributed by atoms with Gasteiger partial charge < -0.3 is 14.4 Å². The van der Waals surface area contributed by atoms with E-state index in [1.807, 2.05) is 0 Å². The molecule has 0 N–H and O–H groups in total. The Hall–Kier alpha value is -1.55. The summed E-state index contributed by atoms with van der Waals surface area (Å²) in [6.45, 7) is 4.48. The lowest BCUT2D eigenvalue weighted by Gasteiger charge is -2.14. The zero-order valence-corrected chi connectivity index (χ0v) is 24.0. The molecule has 0 atom stereocenters. The number of hydrogen-bond acceptors (Lipinski definition) is 3. The number of nitrogens with zero attached hydrogens (tertiary/aromatic N) is 4. The Balaban J connectivity index is 1.65. The maximum absolute atomic E-state index is 5.08. The minimum Gasteiger partial charge on any atom is -0.378 e. The first-order valence-electron chi connectivity index (χ1n) is 14.8. The van der Waals surface area contributed by atoms with Crippen LogP contribution in [0.5, 0.6) is 0 Å². The first kappa shape index (κ1) is 29.7. The molecule has 0 spiro atoms. The summed E-state index contributed by atoms with van der Waals surface area (Å²) in [6, 6.07) is 6.74. The van der Waals surface area contributed by atoms with Gasteiger partial charge in [0.25, 0.3) is 0 Å². The van der Waals surface area contributed by atoms with E-state index in [-0.39, 0.29) is 0 Å². The van der Waals surface area contributed by atoms with E-state index in [1.165, 1.54) is 120 Å². The molecule has 0 saturated carbocycles. The average Bonchev–Trinajstić information content (AvgIpc) is 3.18. The fourth-order valence-electron chi connectivity index (χ4n) is 5.09. The number of imidazole rings is 1. The summed E-state index contributed by atoms with van der Waals surface area (Å²) in [7, 11) is 8.52. The molecule has 0 fully saturated rings. The lowest BCUT2D eigenvalue weighted by molar-refractivity contribution is 0.386. The summed E-state index contributed by atoms with van der Waals surface area (Å²) in [4.78, 5) is 9.52. The quantitative estimate of drug-likeness (QED) is 0.166. The number of benzene rings is 1. The van der Waals surface area contributed by atoms with E-state index in [0.717, 1.165) is 25.0 Å². The molecule has 0 amide bonds. The molecule has 0 aliphatic carbocycles. The lowest BCUT2D eigenvalue weighted by atomic mass is 10.0. The average molecular weight is 485 g/mol. The zero-order valence-electron chi connectivity index (χ0n) is 24.0. The van der Waals surface area contributed by atoms with Crippen molar-refractivity contribution in [2.45, 2.75) is 123 Å². The molecule has 4 nitrogen and oxygen atoms in total. The van der Waals surface area contributed by atoms with Crippen molar-refractivity contribution >= 4 is 16.7 Å². The Labute approximate surface area is 217 Å². The van der Waals surface area contributed by atoms with Gasteiger partial charge in [0.2, 0.25) is 0 Å². The summed E-state index contributed by atoms with van der Waals surface area (Å²) in [6.07, 6.45) is 23.5. The van der Waals surface area contributed by atoms with E-state index in [0.29, 0.717) is 0 Å². The smallest absolute Gasteiger partial charge is 0.109 e. The van der Waals surface area contributed by atoms with Crippen molar-refractivity contribution in [3.63, 3.8) is 0 Å². The predicted molar refractivity (Wildman–Crippen MR) is 156 cm³/mol. The van der Waals surface area contributed by atoms with Gasteiger partial charge in [-0.25, -0.2) is 4.98 Å². The van der Waals surface area contributed by atoms with Crippen LogP contribution < -0.4 is 4.90 Å². The summed E-state index contributed by atoms with van der Waals surface area (Å²) in [5, 5.41) is 0. The van der Waals surface area contributed by atoms with Gasteiger partial charge in [-0.05, 0) is 51.7 Å². The molecule has 0 aliphatic rings. The first-order valence-corrected chi connectivity index (χ1v) is 14.8. The van der Waals surface area contributed by atoms with Crippen LogP contribution in [0.3, 0.4) is 0 Å². The van der Waals surface area contributed by atoms with Crippen molar-refractivity contribution in [3.05, 3.63) is 24.0 Å². The molecule has 35 heavy (non-hydrogen) atoms. The number of hydrogen-bond donors (Lipinski definition) is 0. The molecule has 0 radical (unpaired) electrons. The summed E-state index contributed by atoms with van der Waals surface area (Å²) >= 11 is 0. The highest BCUT2D eigenvalue weighted by atomic mass is 15.1. The van der Waals surface area contributed by atoms with Gasteiger partial charge in [0.05, 0.1) is 11.0 Å². The Morgan fingerprint density at radius 2 is 1.23 bits per heavy atom. The number of anilines is 1. The van der Waals surface area contributed by atoms with E-state index >= 15 is 0 Å². The van der Waals surface area contributed by atoms with E-state index in [2.05, 4.69) is 67.7 Å². The van der Waals surface area contributed by atoms with Gasteiger partial charge in [-0.3, -0.25) is 0 Å². The highest BCUT2D eigenvalue weighted by Crippen LogP contribution is 2.24. The van der Waals surface area contributed by atoms with Crippen LogP contribution in [0.2, 0.25) is 0 Å². The van der Waals surface area contributed by atoms with Crippen LogP contribution in [-0.2, 0) is 13.0 Å². The molecule has 0 aliphatic heterocycles. The third kappa shape index (κ3) is 11.8. The van der Waals surface area contributed by atoms with Crippen molar-refractivity contribution in [1.82, 2.24) is 14.5 Å². The Morgan fingerprint density at radius 3 is 1.74 bits per heavy atom. The SMILES string of the molecule is CCCCCCCCCCCCCCCCCc1nc2cc(N(C)C)ccc2n1CCCN(C)C. The van der Waals surface area contributed by atoms with Crippen LogP contribution in [0.1, 0.15) is 115 Å². The van der Waals surface area contributed by atoms with Crippen molar-refractivity contribution in [2.75, 3.05) is 39.6 Å². The molecule has 0 saturated heterocycles. The van der Waals surface area contributed by atoms with Gasteiger partial charge in [0.15, 0.2) is 0 Å². The molecule has 2 aromatic rings. The summed E-state index contributed by atoms with van der Waals surface area (Å²) < 4.78 is 2.49. The van der Waals surface area contributed by atoms with Gasteiger partial charge >= 0.3 is 0 Å². The second-order valence-corrected chi connectivity index (χ2v) is 11.1. The number of rotatable bonds is 21. The second kappa shape index (κ2) is 17.8. The van der Waals surface area contributed by atoms with Crippen molar-refractivity contribution in [3.8, 4) is 0 Å². The van der Waals surface area contributed by atoms with Crippen LogP contribution in [0.25, 0.3) is 11.0 Å². The molecular formula is C31H56N4. The van der Waals surface area contributed by atoms with Crippen LogP contribution in [0.4, 0.5) is 5.69 Å². The van der Waals surface area contributed by atoms with Crippen molar-refractivity contribution < 1.29 is 0 Å². The summed E-state index contributed by atoms with van der Waals surface area (Å²) in [5.74, 6) is 1.28. The minimum absolute atomic E-state index is 1.06. The molecule has 4 heteroatoms. The molecule has 200 valence electrons.